The molecule has 0 spiro atoms. The van der Waals surface area contributed by atoms with Gasteiger partial charge in [-0.3, -0.25) is 0 Å². The Kier molecular flexibility index (Phi) is 14.7. The SMILES string of the molecule is CCCCCc1ccc(-c2ccc(-c3cc(-c4ccc(-c5ccc(CCCCC)cc5)cc4)cc(-c4c5ccccc5c(-c5ccc(C=C(c6ccccc6)c6ccccc6)cc5)c5ccccc45)c3)cc2)cc1. The molecule has 360 valence electrons. The zero-order valence-electron chi connectivity index (χ0n) is 42.9. The van der Waals surface area contributed by atoms with Gasteiger partial charge in [0, 0.05) is 0 Å². The van der Waals surface area contributed by atoms with Gasteiger partial charge in [0.15, 0.2) is 0 Å². The molecule has 0 aliphatic carbocycles. The van der Waals surface area contributed by atoms with Gasteiger partial charge < -0.3 is 0 Å². The standard InChI is InChI=1S/C74H64/c1-3-5-9-19-53-29-35-56(36-30-53)58-41-45-60(46-42-58)65-50-66(61-47-43-59(44-48-61)57-37-31-54(32-38-57)20-10-6-4-2)52-67(51-65)74-70-27-17-15-25-68(70)73(69-26-16-18-28-71(69)74)64-39-33-55(34-40-64)49-72(62-21-11-7-12-22-62)63-23-13-8-14-24-63/h7-8,11-18,21-52H,3-6,9-10,19-20H2,1-2H3. The van der Waals surface area contributed by atoms with Crippen molar-refractivity contribution in [1.82, 2.24) is 0 Å². The van der Waals surface area contributed by atoms with E-state index in [4.69, 9.17) is 0 Å². The number of rotatable bonds is 17. The van der Waals surface area contributed by atoms with Crippen LogP contribution >= 0.6 is 0 Å². The number of hydrogen-bond donors (Lipinski definition) is 0. The van der Waals surface area contributed by atoms with Crippen LogP contribution in [0.2, 0.25) is 0 Å². The predicted molar refractivity (Wildman–Crippen MR) is 320 cm³/mol. The minimum absolute atomic E-state index is 1.14. The van der Waals surface area contributed by atoms with Crippen LogP contribution in [-0.2, 0) is 12.8 Å². The normalized spacial score (nSPS) is 11.3. The third-order valence-corrected chi connectivity index (χ3v) is 15.0. The fraction of sp³-hybridized carbons (Fsp3) is 0.135. The van der Waals surface area contributed by atoms with Gasteiger partial charge in [-0.05, 0) is 172 Å². The third-order valence-electron chi connectivity index (χ3n) is 15.0. The average molecular weight is 953 g/mol. The first-order chi connectivity index (χ1) is 36.6. The van der Waals surface area contributed by atoms with Gasteiger partial charge >= 0.3 is 0 Å². The first kappa shape index (κ1) is 48.0. The summed E-state index contributed by atoms with van der Waals surface area (Å²) >= 11 is 0. The number of fused-ring (bicyclic) bond motifs is 2. The number of unbranched alkanes of at least 4 members (excludes halogenated alkanes) is 4. The lowest BCUT2D eigenvalue weighted by Gasteiger charge is -2.19. The second-order valence-corrected chi connectivity index (χ2v) is 20.0. The molecular formula is C74H64. The molecule has 0 heterocycles. The molecule has 0 heteroatoms. The fourth-order valence-corrected chi connectivity index (χ4v) is 10.9. The molecule has 0 N–H and O–H groups in total. The zero-order chi connectivity index (χ0) is 50.1. The summed E-state index contributed by atoms with van der Waals surface area (Å²) in [4.78, 5) is 0. The maximum Gasteiger partial charge on any atom is -0.00259 e. The first-order valence-corrected chi connectivity index (χ1v) is 27.0. The highest BCUT2D eigenvalue weighted by atomic mass is 14.2. The van der Waals surface area contributed by atoms with Crippen LogP contribution in [0.3, 0.4) is 0 Å². The summed E-state index contributed by atoms with van der Waals surface area (Å²) in [5, 5.41) is 4.97. The quantitative estimate of drug-likeness (QED) is 0.0485. The van der Waals surface area contributed by atoms with Gasteiger partial charge in [-0.1, -0.05) is 270 Å². The molecule has 0 saturated carbocycles. The summed E-state index contributed by atoms with van der Waals surface area (Å²) in [5.74, 6) is 0. The highest BCUT2D eigenvalue weighted by molar-refractivity contribution is 6.21. The molecule has 11 aromatic rings. The molecule has 0 radical (unpaired) electrons. The van der Waals surface area contributed by atoms with E-state index in [1.807, 2.05) is 0 Å². The monoisotopic (exact) mass is 953 g/mol. The highest BCUT2D eigenvalue weighted by Crippen LogP contribution is 2.46. The van der Waals surface area contributed by atoms with E-state index < -0.39 is 0 Å². The summed E-state index contributed by atoms with van der Waals surface area (Å²) < 4.78 is 0. The van der Waals surface area contributed by atoms with Crippen molar-refractivity contribution in [2.24, 2.45) is 0 Å². The summed E-state index contributed by atoms with van der Waals surface area (Å²) in [6, 6.07) is 92.7. The van der Waals surface area contributed by atoms with Gasteiger partial charge in [-0.25, -0.2) is 0 Å². The summed E-state index contributed by atoms with van der Waals surface area (Å²) in [5.41, 5.74) is 22.3. The molecule has 0 unspecified atom stereocenters. The fourth-order valence-electron chi connectivity index (χ4n) is 10.9. The van der Waals surface area contributed by atoms with Crippen LogP contribution in [0.4, 0.5) is 0 Å². The van der Waals surface area contributed by atoms with Crippen molar-refractivity contribution >= 4 is 33.2 Å². The van der Waals surface area contributed by atoms with Crippen molar-refractivity contribution in [1.29, 1.82) is 0 Å². The third kappa shape index (κ3) is 10.6. The van der Waals surface area contributed by atoms with E-state index in [0.29, 0.717) is 0 Å². The van der Waals surface area contributed by atoms with Crippen LogP contribution in [0.15, 0.2) is 249 Å². The van der Waals surface area contributed by atoms with Gasteiger partial charge in [-0.2, -0.15) is 0 Å². The van der Waals surface area contributed by atoms with E-state index in [1.54, 1.807) is 0 Å². The van der Waals surface area contributed by atoms with E-state index >= 15 is 0 Å². The summed E-state index contributed by atoms with van der Waals surface area (Å²) in [6.07, 6.45) is 12.2. The molecule has 11 rings (SSSR count). The molecule has 0 saturated heterocycles. The van der Waals surface area contributed by atoms with Crippen LogP contribution in [0.1, 0.15) is 80.2 Å². The lowest BCUT2D eigenvalue weighted by molar-refractivity contribution is 0.717. The van der Waals surface area contributed by atoms with Crippen molar-refractivity contribution in [2.45, 2.75) is 65.2 Å². The smallest absolute Gasteiger partial charge is 0.00259 e. The minimum Gasteiger partial charge on any atom is -0.0654 e. The Bertz CT molecular complexity index is 3440. The zero-order valence-corrected chi connectivity index (χ0v) is 42.9. The molecule has 0 atom stereocenters. The Morgan fingerprint density at radius 1 is 0.284 bits per heavy atom. The lowest BCUT2D eigenvalue weighted by atomic mass is 9.84. The van der Waals surface area contributed by atoms with Crippen LogP contribution in [-0.4, -0.2) is 0 Å². The van der Waals surface area contributed by atoms with Crippen molar-refractivity contribution in [2.75, 3.05) is 0 Å². The van der Waals surface area contributed by atoms with Crippen molar-refractivity contribution < 1.29 is 0 Å². The van der Waals surface area contributed by atoms with E-state index in [1.165, 1.54) is 160 Å². The van der Waals surface area contributed by atoms with Crippen molar-refractivity contribution in [3.63, 3.8) is 0 Å². The van der Waals surface area contributed by atoms with Gasteiger partial charge in [0.05, 0.1) is 0 Å². The van der Waals surface area contributed by atoms with Crippen molar-refractivity contribution in [3.8, 4) is 66.8 Å². The average Bonchev–Trinajstić information content (AvgIpc) is 3.47. The van der Waals surface area contributed by atoms with E-state index in [-0.39, 0.29) is 0 Å². The maximum absolute atomic E-state index is 2.42. The van der Waals surface area contributed by atoms with Gasteiger partial charge in [0.2, 0.25) is 0 Å². The summed E-state index contributed by atoms with van der Waals surface area (Å²) in [7, 11) is 0. The van der Waals surface area contributed by atoms with Crippen LogP contribution < -0.4 is 0 Å². The minimum atomic E-state index is 1.14. The van der Waals surface area contributed by atoms with E-state index in [9.17, 15) is 0 Å². The number of aryl methyl sites for hydroxylation is 2. The number of hydrogen-bond acceptors (Lipinski definition) is 0. The molecule has 0 aliphatic heterocycles. The molecule has 0 amide bonds. The Labute approximate surface area is 439 Å². The molecule has 0 aliphatic rings. The predicted octanol–water partition coefficient (Wildman–Crippen LogP) is 21.0. The second kappa shape index (κ2) is 22.6. The van der Waals surface area contributed by atoms with Gasteiger partial charge in [-0.15, -0.1) is 0 Å². The lowest BCUT2D eigenvalue weighted by Crippen LogP contribution is -1.93. The van der Waals surface area contributed by atoms with Crippen molar-refractivity contribution in [3.05, 3.63) is 277 Å². The van der Waals surface area contributed by atoms with Crippen LogP contribution in [0.25, 0.3) is 100.0 Å². The van der Waals surface area contributed by atoms with Crippen LogP contribution in [0.5, 0.6) is 0 Å². The van der Waals surface area contributed by atoms with Gasteiger partial charge in [0.1, 0.15) is 0 Å². The van der Waals surface area contributed by atoms with E-state index in [0.717, 1.165) is 12.8 Å². The van der Waals surface area contributed by atoms with Crippen LogP contribution in [0, 0.1) is 0 Å². The molecule has 0 aromatic heterocycles. The number of benzene rings is 11. The first-order valence-electron chi connectivity index (χ1n) is 27.0. The molecule has 0 nitrogen and oxygen atoms in total. The molecule has 11 aromatic carbocycles. The second-order valence-electron chi connectivity index (χ2n) is 20.0. The molecule has 0 bridgehead atoms. The molecule has 74 heavy (non-hydrogen) atoms. The Hall–Kier alpha value is -8.32. The topological polar surface area (TPSA) is 0 Å². The Morgan fingerprint density at radius 3 is 0.973 bits per heavy atom. The maximum atomic E-state index is 2.42. The van der Waals surface area contributed by atoms with Gasteiger partial charge in [0.25, 0.3) is 0 Å². The highest BCUT2D eigenvalue weighted by Gasteiger charge is 2.19. The Balaban J connectivity index is 1.00. The molecular weight excluding hydrogens is 889 g/mol. The summed E-state index contributed by atoms with van der Waals surface area (Å²) in [6.45, 7) is 4.54. The molecule has 0 fully saturated rings. The van der Waals surface area contributed by atoms with E-state index in [2.05, 4.69) is 269 Å². The largest absolute Gasteiger partial charge is 0.0654 e. The Morgan fingerprint density at radius 2 is 0.595 bits per heavy atom.